The molecule has 2 aromatic carbocycles. The van der Waals surface area contributed by atoms with Crippen molar-refractivity contribution in [2.45, 2.75) is 64.7 Å². The third-order valence-electron chi connectivity index (χ3n) is 5.80. The Kier molecular flexibility index (Phi) is 7.98. The van der Waals surface area contributed by atoms with Crippen molar-refractivity contribution in [2.24, 2.45) is 5.92 Å². The molecule has 1 saturated heterocycles. The summed E-state index contributed by atoms with van der Waals surface area (Å²) < 4.78 is 68.2. The summed E-state index contributed by atoms with van der Waals surface area (Å²) in [6, 6.07) is 9.12. The van der Waals surface area contributed by atoms with E-state index in [0.717, 1.165) is 32.1 Å². The minimum atomic E-state index is -4.81. The van der Waals surface area contributed by atoms with E-state index in [1.807, 2.05) is 6.92 Å². The summed E-state index contributed by atoms with van der Waals surface area (Å²) in [4.78, 5) is 0. The maximum Gasteiger partial charge on any atom is 0.419 e. The molecule has 1 fully saturated rings. The summed E-state index contributed by atoms with van der Waals surface area (Å²) in [6.45, 7) is 5.14. The molecule has 2 unspecified atom stereocenters. The van der Waals surface area contributed by atoms with Crippen LogP contribution in [0.15, 0.2) is 36.4 Å². The Hall–Kier alpha value is -2.08. The van der Waals surface area contributed by atoms with Gasteiger partial charge in [0.15, 0.2) is 0 Å². The molecule has 0 amide bonds. The van der Waals surface area contributed by atoms with Crippen molar-refractivity contribution in [3.05, 3.63) is 53.3 Å². The largest absolute Gasteiger partial charge is 0.494 e. The van der Waals surface area contributed by atoms with Crippen molar-refractivity contribution in [3.63, 3.8) is 0 Å². The topological polar surface area (TPSA) is 18.5 Å². The Labute approximate surface area is 181 Å². The normalized spacial score (nSPS) is 19.4. The van der Waals surface area contributed by atoms with Gasteiger partial charge in [-0.05, 0) is 54.9 Å². The van der Waals surface area contributed by atoms with Gasteiger partial charge in [-0.15, -0.1) is 0 Å². The van der Waals surface area contributed by atoms with E-state index in [0.29, 0.717) is 36.9 Å². The zero-order valence-corrected chi connectivity index (χ0v) is 18.1. The second kappa shape index (κ2) is 10.5. The molecule has 1 aliphatic rings. The summed E-state index contributed by atoms with van der Waals surface area (Å²) in [5.41, 5.74) is -1.11. The van der Waals surface area contributed by atoms with Crippen molar-refractivity contribution in [1.29, 1.82) is 0 Å². The van der Waals surface area contributed by atoms with E-state index in [2.05, 4.69) is 6.92 Å². The van der Waals surface area contributed by atoms with E-state index in [4.69, 9.17) is 9.47 Å². The van der Waals surface area contributed by atoms with Crippen LogP contribution in [0, 0.1) is 11.7 Å². The summed E-state index contributed by atoms with van der Waals surface area (Å²) in [7, 11) is 0. The SMILES string of the molecule is CCCCOc1ccc(-c2ccc(C3CCC(CCC)CO3)c(F)c2C(F)(F)F)cc1. The molecule has 0 radical (unpaired) electrons. The molecule has 0 bridgehead atoms. The fourth-order valence-electron chi connectivity index (χ4n) is 4.11. The van der Waals surface area contributed by atoms with Gasteiger partial charge < -0.3 is 9.47 Å². The van der Waals surface area contributed by atoms with Gasteiger partial charge in [0, 0.05) is 5.56 Å². The van der Waals surface area contributed by atoms with Gasteiger partial charge in [0.1, 0.15) is 11.6 Å². The van der Waals surface area contributed by atoms with Crippen molar-refractivity contribution < 1.29 is 27.0 Å². The van der Waals surface area contributed by atoms with Crippen LogP contribution in [-0.2, 0) is 10.9 Å². The minimum absolute atomic E-state index is 0.00876. The lowest BCUT2D eigenvalue weighted by atomic mass is 9.89. The molecule has 1 heterocycles. The smallest absolute Gasteiger partial charge is 0.419 e. The van der Waals surface area contributed by atoms with Crippen molar-refractivity contribution in [3.8, 4) is 16.9 Å². The molecule has 170 valence electrons. The molecule has 0 aliphatic carbocycles. The average Bonchev–Trinajstić information content (AvgIpc) is 2.74. The Morgan fingerprint density at radius 2 is 1.74 bits per heavy atom. The summed E-state index contributed by atoms with van der Waals surface area (Å²) in [6.07, 6.45) is -0.161. The second-order valence-electron chi connectivity index (χ2n) is 8.17. The average molecular weight is 439 g/mol. The Bertz CT molecular complexity index is 838. The van der Waals surface area contributed by atoms with Gasteiger partial charge >= 0.3 is 6.18 Å². The summed E-state index contributed by atoms with van der Waals surface area (Å²) in [5.74, 6) is -0.254. The van der Waals surface area contributed by atoms with Gasteiger partial charge in [0.05, 0.1) is 24.9 Å². The molecule has 0 N–H and O–H groups in total. The molecule has 6 heteroatoms. The molecule has 2 atom stereocenters. The van der Waals surface area contributed by atoms with Crippen LogP contribution < -0.4 is 4.74 Å². The zero-order valence-electron chi connectivity index (χ0n) is 18.1. The van der Waals surface area contributed by atoms with Crippen molar-refractivity contribution in [2.75, 3.05) is 13.2 Å². The standard InChI is InChI=1S/C25H30F4O2/c1-3-5-15-30-19-10-8-18(9-11-19)20-12-13-21(24(26)23(20)25(27,28)29)22-14-7-17(6-4-2)16-31-22/h8-13,17,22H,3-7,14-16H2,1-2H3. The first-order chi connectivity index (χ1) is 14.8. The Morgan fingerprint density at radius 1 is 1.00 bits per heavy atom. The van der Waals surface area contributed by atoms with Crippen LogP contribution in [0.2, 0.25) is 0 Å². The van der Waals surface area contributed by atoms with Crippen LogP contribution in [0.25, 0.3) is 11.1 Å². The predicted octanol–water partition coefficient (Wildman–Crippen LogP) is 7.96. The van der Waals surface area contributed by atoms with Crippen LogP contribution >= 0.6 is 0 Å². The van der Waals surface area contributed by atoms with Crippen LogP contribution in [0.5, 0.6) is 5.75 Å². The van der Waals surface area contributed by atoms with Gasteiger partial charge in [-0.25, -0.2) is 4.39 Å². The summed E-state index contributed by atoms with van der Waals surface area (Å²) >= 11 is 0. The second-order valence-corrected chi connectivity index (χ2v) is 8.17. The molecule has 0 aromatic heterocycles. The maximum atomic E-state index is 15.2. The number of hydrogen-bond donors (Lipinski definition) is 0. The van der Waals surface area contributed by atoms with Gasteiger partial charge in [-0.1, -0.05) is 51.0 Å². The number of alkyl halides is 3. The molecular formula is C25H30F4O2. The number of ether oxygens (including phenoxy) is 2. The van der Waals surface area contributed by atoms with E-state index < -0.39 is 23.7 Å². The highest BCUT2D eigenvalue weighted by molar-refractivity contribution is 5.69. The third-order valence-corrected chi connectivity index (χ3v) is 5.80. The number of halogens is 4. The lowest BCUT2D eigenvalue weighted by Crippen LogP contribution is -2.22. The van der Waals surface area contributed by atoms with Crippen LogP contribution in [0.1, 0.15) is 69.6 Å². The van der Waals surface area contributed by atoms with E-state index in [9.17, 15) is 13.2 Å². The molecule has 2 nitrogen and oxygen atoms in total. The van der Waals surface area contributed by atoms with E-state index in [-0.39, 0.29) is 11.1 Å². The highest BCUT2D eigenvalue weighted by atomic mass is 19.4. The Balaban J connectivity index is 1.88. The van der Waals surface area contributed by atoms with E-state index in [1.54, 1.807) is 12.1 Å². The first-order valence-corrected chi connectivity index (χ1v) is 11.1. The first kappa shape index (κ1) is 23.6. The van der Waals surface area contributed by atoms with E-state index >= 15 is 4.39 Å². The van der Waals surface area contributed by atoms with Gasteiger partial charge in [-0.2, -0.15) is 13.2 Å². The number of hydrogen-bond acceptors (Lipinski definition) is 2. The fourth-order valence-corrected chi connectivity index (χ4v) is 4.11. The molecule has 1 aliphatic heterocycles. The van der Waals surface area contributed by atoms with Crippen molar-refractivity contribution in [1.82, 2.24) is 0 Å². The van der Waals surface area contributed by atoms with E-state index in [1.165, 1.54) is 24.3 Å². The lowest BCUT2D eigenvalue weighted by molar-refractivity contribution is -0.139. The molecule has 2 aromatic rings. The lowest BCUT2D eigenvalue weighted by Gasteiger charge is -2.30. The summed E-state index contributed by atoms with van der Waals surface area (Å²) in [5, 5.41) is 0. The third kappa shape index (κ3) is 5.79. The van der Waals surface area contributed by atoms with Crippen LogP contribution in [-0.4, -0.2) is 13.2 Å². The Morgan fingerprint density at radius 3 is 2.32 bits per heavy atom. The molecule has 31 heavy (non-hydrogen) atoms. The van der Waals surface area contributed by atoms with Gasteiger partial charge in [-0.3, -0.25) is 0 Å². The highest BCUT2D eigenvalue weighted by Crippen LogP contribution is 2.43. The zero-order chi connectivity index (χ0) is 22.4. The number of benzene rings is 2. The monoisotopic (exact) mass is 438 g/mol. The van der Waals surface area contributed by atoms with Gasteiger partial charge in [0.2, 0.25) is 0 Å². The first-order valence-electron chi connectivity index (χ1n) is 11.1. The number of unbranched alkanes of at least 4 members (excludes halogenated alkanes) is 1. The van der Waals surface area contributed by atoms with Gasteiger partial charge in [0.25, 0.3) is 0 Å². The predicted molar refractivity (Wildman–Crippen MR) is 114 cm³/mol. The van der Waals surface area contributed by atoms with Crippen LogP contribution in [0.4, 0.5) is 17.6 Å². The highest BCUT2D eigenvalue weighted by Gasteiger charge is 2.39. The van der Waals surface area contributed by atoms with Crippen LogP contribution in [0.3, 0.4) is 0 Å². The fraction of sp³-hybridized carbons (Fsp3) is 0.520. The number of rotatable bonds is 8. The maximum absolute atomic E-state index is 15.2. The molecule has 0 saturated carbocycles. The molecule has 0 spiro atoms. The molecular weight excluding hydrogens is 408 g/mol. The minimum Gasteiger partial charge on any atom is -0.494 e. The van der Waals surface area contributed by atoms with Crippen molar-refractivity contribution >= 4 is 0 Å². The molecule has 3 rings (SSSR count). The quantitative estimate of drug-likeness (QED) is 0.307.